The Labute approximate surface area is 187 Å². The van der Waals surface area contributed by atoms with E-state index in [0.29, 0.717) is 27.9 Å². The van der Waals surface area contributed by atoms with Crippen LogP contribution >= 0.6 is 27.5 Å². The number of carbonyl (C=O) groups is 1. The third kappa shape index (κ3) is 4.77. The molecule has 11 heteroatoms. The van der Waals surface area contributed by atoms with Gasteiger partial charge in [-0.2, -0.15) is 9.41 Å². The second-order valence-electron chi connectivity index (χ2n) is 6.52. The Morgan fingerprint density at radius 2 is 2.07 bits per heavy atom. The lowest BCUT2D eigenvalue weighted by Gasteiger charge is -2.22. The minimum atomic E-state index is -3.83. The number of hydrazone groups is 1. The maximum absolute atomic E-state index is 12.9. The standard InChI is InChI=1S/C19H19BrClN3O5S/c1-29-17-10-12(9-15(20)18(17)25)11-22-23-19(26)16-3-2-8-24(16)30(27,28)14-6-4-13(21)5-7-14/h4-7,9-11,16,25H,2-3,8H2,1H3,(H,23,26)/b22-11-. The Kier molecular flexibility index (Phi) is 7.02. The van der Waals surface area contributed by atoms with Gasteiger partial charge in [-0.15, -0.1) is 0 Å². The maximum atomic E-state index is 12.9. The van der Waals surface area contributed by atoms with Crippen LogP contribution in [-0.4, -0.2) is 49.6 Å². The lowest BCUT2D eigenvalue weighted by atomic mass is 10.2. The van der Waals surface area contributed by atoms with E-state index in [4.69, 9.17) is 16.3 Å². The van der Waals surface area contributed by atoms with Crippen LogP contribution in [0.4, 0.5) is 0 Å². The summed E-state index contributed by atoms with van der Waals surface area (Å²) in [5.41, 5.74) is 2.96. The smallest absolute Gasteiger partial charge is 0.258 e. The van der Waals surface area contributed by atoms with Crippen LogP contribution in [0.2, 0.25) is 5.02 Å². The Hall–Kier alpha value is -2.14. The number of carbonyl (C=O) groups excluding carboxylic acids is 1. The molecule has 8 nitrogen and oxygen atoms in total. The van der Waals surface area contributed by atoms with E-state index in [1.807, 2.05) is 0 Å². The van der Waals surface area contributed by atoms with Crippen LogP contribution in [-0.2, 0) is 14.8 Å². The topological polar surface area (TPSA) is 108 Å². The van der Waals surface area contributed by atoms with Crippen LogP contribution in [0.5, 0.6) is 11.5 Å². The van der Waals surface area contributed by atoms with Crippen molar-refractivity contribution in [3.63, 3.8) is 0 Å². The summed E-state index contributed by atoms with van der Waals surface area (Å²) in [5, 5.41) is 14.2. The molecule has 1 saturated heterocycles. The SMILES string of the molecule is COc1cc(/C=N\NC(=O)C2CCCN2S(=O)(=O)c2ccc(Cl)cc2)cc(Br)c1O. The van der Waals surface area contributed by atoms with Crippen LogP contribution in [0.3, 0.4) is 0 Å². The van der Waals surface area contributed by atoms with E-state index < -0.39 is 22.0 Å². The number of methoxy groups -OCH3 is 1. The highest BCUT2D eigenvalue weighted by Gasteiger charge is 2.39. The average Bonchev–Trinajstić information content (AvgIpc) is 3.21. The monoisotopic (exact) mass is 515 g/mol. The minimum absolute atomic E-state index is 0.0484. The molecule has 1 aliphatic heterocycles. The molecule has 1 amide bonds. The largest absolute Gasteiger partial charge is 0.503 e. The lowest BCUT2D eigenvalue weighted by molar-refractivity contribution is -0.124. The first kappa shape index (κ1) is 22.5. The number of rotatable bonds is 6. The van der Waals surface area contributed by atoms with Gasteiger partial charge in [0.2, 0.25) is 10.0 Å². The molecule has 2 aromatic rings. The molecule has 0 saturated carbocycles. The number of sulfonamides is 1. The third-order valence-electron chi connectivity index (χ3n) is 4.59. The second kappa shape index (κ2) is 9.34. The first-order chi connectivity index (χ1) is 14.2. The van der Waals surface area contributed by atoms with Gasteiger partial charge in [-0.1, -0.05) is 11.6 Å². The number of phenols is 1. The molecule has 3 rings (SSSR count). The Morgan fingerprint density at radius 3 is 2.73 bits per heavy atom. The highest BCUT2D eigenvalue weighted by molar-refractivity contribution is 9.10. The number of hydrogen-bond acceptors (Lipinski definition) is 6. The summed E-state index contributed by atoms with van der Waals surface area (Å²) in [6.07, 6.45) is 2.33. The van der Waals surface area contributed by atoms with Crippen LogP contribution in [0, 0.1) is 0 Å². The van der Waals surface area contributed by atoms with E-state index in [2.05, 4.69) is 26.5 Å². The zero-order chi connectivity index (χ0) is 21.9. The zero-order valence-electron chi connectivity index (χ0n) is 15.9. The van der Waals surface area contributed by atoms with E-state index in [1.165, 1.54) is 41.9 Å². The summed E-state index contributed by atoms with van der Waals surface area (Å²) in [5.74, 6) is -0.327. The van der Waals surface area contributed by atoms with Crippen molar-refractivity contribution in [1.82, 2.24) is 9.73 Å². The van der Waals surface area contributed by atoms with E-state index in [9.17, 15) is 18.3 Å². The molecule has 0 bridgehead atoms. The molecule has 1 unspecified atom stereocenters. The normalized spacial score (nSPS) is 17.4. The number of ether oxygens (including phenoxy) is 1. The number of nitrogens with zero attached hydrogens (tertiary/aromatic N) is 2. The quantitative estimate of drug-likeness (QED) is 0.453. The highest BCUT2D eigenvalue weighted by atomic mass is 79.9. The molecular weight excluding hydrogens is 498 g/mol. The maximum Gasteiger partial charge on any atom is 0.258 e. The second-order valence-corrected chi connectivity index (χ2v) is 9.70. The number of amides is 1. The average molecular weight is 517 g/mol. The molecule has 30 heavy (non-hydrogen) atoms. The Bertz CT molecular complexity index is 1080. The van der Waals surface area contributed by atoms with Crippen LogP contribution in [0.1, 0.15) is 18.4 Å². The van der Waals surface area contributed by atoms with Crippen LogP contribution < -0.4 is 10.2 Å². The van der Waals surface area contributed by atoms with Gasteiger partial charge in [-0.25, -0.2) is 13.8 Å². The number of phenolic OH excluding ortho intramolecular Hbond substituents is 1. The summed E-state index contributed by atoms with van der Waals surface area (Å²) in [7, 11) is -2.42. The van der Waals surface area contributed by atoms with Gasteiger partial charge >= 0.3 is 0 Å². The summed E-state index contributed by atoms with van der Waals surface area (Å²) in [6, 6.07) is 8.10. The molecule has 1 atom stereocenters. The van der Waals surface area contributed by atoms with Gasteiger partial charge in [0, 0.05) is 11.6 Å². The Balaban J connectivity index is 1.73. The fraction of sp³-hybridized carbons (Fsp3) is 0.263. The van der Waals surface area contributed by atoms with Crippen LogP contribution in [0.25, 0.3) is 0 Å². The summed E-state index contributed by atoms with van der Waals surface area (Å²) >= 11 is 9.04. The van der Waals surface area contributed by atoms with Crippen molar-refractivity contribution in [2.24, 2.45) is 5.10 Å². The molecular formula is C19H19BrClN3O5S. The van der Waals surface area contributed by atoms with E-state index in [0.717, 1.165) is 0 Å². The predicted octanol–water partition coefficient (Wildman–Crippen LogP) is 3.12. The molecule has 0 aromatic heterocycles. The van der Waals surface area contributed by atoms with Crippen molar-refractivity contribution < 1.29 is 23.1 Å². The molecule has 0 radical (unpaired) electrons. The predicted molar refractivity (Wildman–Crippen MR) is 116 cm³/mol. The van der Waals surface area contributed by atoms with Gasteiger partial charge in [-0.05, 0) is 70.7 Å². The van der Waals surface area contributed by atoms with Gasteiger partial charge in [-0.3, -0.25) is 4.79 Å². The number of hydrogen-bond donors (Lipinski definition) is 2. The van der Waals surface area contributed by atoms with E-state index in [-0.39, 0.29) is 22.9 Å². The van der Waals surface area contributed by atoms with Crippen molar-refractivity contribution in [2.45, 2.75) is 23.8 Å². The molecule has 1 fully saturated rings. The van der Waals surface area contributed by atoms with E-state index >= 15 is 0 Å². The van der Waals surface area contributed by atoms with Gasteiger partial charge in [0.1, 0.15) is 6.04 Å². The van der Waals surface area contributed by atoms with E-state index in [1.54, 1.807) is 12.1 Å². The summed E-state index contributed by atoms with van der Waals surface area (Å²) < 4.78 is 32.5. The molecule has 2 N–H and O–H groups in total. The molecule has 1 heterocycles. The number of halogens is 2. The highest BCUT2D eigenvalue weighted by Crippen LogP contribution is 2.34. The number of nitrogens with one attached hydrogen (secondary N) is 1. The number of benzene rings is 2. The van der Waals surface area contributed by atoms with Crippen LogP contribution in [0.15, 0.2) is 50.9 Å². The van der Waals surface area contributed by atoms with Crippen molar-refractivity contribution in [3.8, 4) is 11.5 Å². The van der Waals surface area contributed by atoms with Crippen molar-refractivity contribution in [3.05, 3.63) is 51.5 Å². The van der Waals surface area contributed by atoms with Gasteiger partial charge in [0.15, 0.2) is 11.5 Å². The zero-order valence-corrected chi connectivity index (χ0v) is 19.0. The minimum Gasteiger partial charge on any atom is -0.503 e. The first-order valence-corrected chi connectivity index (χ1v) is 11.5. The molecule has 160 valence electrons. The Morgan fingerprint density at radius 1 is 1.37 bits per heavy atom. The van der Waals surface area contributed by atoms with Crippen molar-refractivity contribution in [2.75, 3.05) is 13.7 Å². The molecule has 0 spiro atoms. The lowest BCUT2D eigenvalue weighted by Crippen LogP contribution is -2.44. The molecule has 2 aromatic carbocycles. The third-order valence-corrected chi connectivity index (χ3v) is 7.36. The fourth-order valence-electron chi connectivity index (χ4n) is 3.10. The summed E-state index contributed by atoms with van der Waals surface area (Å²) in [6.45, 7) is 0.245. The molecule has 0 aliphatic carbocycles. The van der Waals surface area contributed by atoms with Crippen molar-refractivity contribution >= 4 is 49.7 Å². The fourth-order valence-corrected chi connectivity index (χ4v) is 5.34. The first-order valence-electron chi connectivity index (χ1n) is 8.91. The number of aromatic hydroxyl groups is 1. The van der Waals surface area contributed by atoms with Gasteiger partial charge in [0.25, 0.3) is 5.91 Å². The van der Waals surface area contributed by atoms with Gasteiger partial charge in [0.05, 0.1) is 22.7 Å². The summed E-state index contributed by atoms with van der Waals surface area (Å²) in [4.78, 5) is 12.7. The molecule has 1 aliphatic rings. The van der Waals surface area contributed by atoms with Gasteiger partial charge < -0.3 is 9.84 Å². The van der Waals surface area contributed by atoms with Crippen molar-refractivity contribution in [1.29, 1.82) is 0 Å².